The summed E-state index contributed by atoms with van der Waals surface area (Å²) in [6, 6.07) is 4.82. The van der Waals surface area contributed by atoms with Crippen molar-refractivity contribution in [2.75, 3.05) is 5.73 Å². The van der Waals surface area contributed by atoms with Crippen molar-refractivity contribution in [2.45, 2.75) is 0 Å². The molecule has 15 heavy (non-hydrogen) atoms. The molecule has 0 aliphatic heterocycles. The van der Waals surface area contributed by atoms with Crippen LogP contribution in [-0.4, -0.2) is 15.0 Å². The van der Waals surface area contributed by atoms with Crippen LogP contribution in [0, 0.1) is 5.82 Å². The third-order valence-corrected chi connectivity index (χ3v) is 2.40. The first kappa shape index (κ1) is 8.16. The van der Waals surface area contributed by atoms with Gasteiger partial charge in [0.25, 0.3) is 0 Å². The summed E-state index contributed by atoms with van der Waals surface area (Å²) in [6.45, 7) is 0. The fourth-order valence-corrected chi connectivity index (χ4v) is 1.74. The summed E-state index contributed by atoms with van der Waals surface area (Å²) in [7, 11) is 0. The summed E-state index contributed by atoms with van der Waals surface area (Å²) in [5, 5.41) is 1.38. The lowest BCUT2D eigenvalue weighted by molar-refractivity contribution is 0.637. The predicted molar refractivity (Wildman–Crippen MR) is 55.8 cm³/mol. The highest BCUT2D eigenvalue weighted by molar-refractivity contribution is 6.10. The lowest BCUT2D eigenvalue weighted by Gasteiger charge is -1.94. The summed E-state index contributed by atoms with van der Waals surface area (Å²) in [5.41, 5.74) is 6.70. The van der Waals surface area contributed by atoms with Crippen LogP contribution in [0.4, 0.5) is 10.2 Å². The number of fused-ring (bicyclic) bond motifs is 3. The first-order chi connectivity index (χ1) is 7.27. The minimum Gasteiger partial charge on any atom is -0.383 e. The predicted octanol–water partition coefficient (Wildman–Crippen LogP) is 1.83. The normalized spacial score (nSPS) is 11.3. The van der Waals surface area contributed by atoms with Crippen molar-refractivity contribution in [1.29, 1.82) is 0 Å². The first-order valence-corrected chi connectivity index (χ1v) is 4.44. The molecule has 3 N–H and O–H groups in total. The van der Waals surface area contributed by atoms with Crippen molar-refractivity contribution in [1.82, 2.24) is 15.0 Å². The third-order valence-electron chi connectivity index (χ3n) is 2.40. The Morgan fingerprint density at radius 3 is 3.00 bits per heavy atom. The standard InChI is InChI=1S/C10H7FN4/c11-6-3-1-2-5-7-9(12)13-4-14-10(7)15-8(5)6/h1-4H,(H3,12,13,14,15). The Hall–Kier alpha value is -2.17. The smallest absolute Gasteiger partial charge is 0.147 e. The maximum absolute atomic E-state index is 13.4. The Morgan fingerprint density at radius 2 is 2.13 bits per heavy atom. The number of H-pyrrole nitrogens is 1. The number of aromatic nitrogens is 3. The van der Waals surface area contributed by atoms with E-state index in [0.717, 1.165) is 0 Å². The molecule has 0 atom stereocenters. The number of halogens is 1. The highest BCUT2D eigenvalue weighted by Crippen LogP contribution is 2.28. The van der Waals surface area contributed by atoms with E-state index in [1.54, 1.807) is 12.1 Å². The SMILES string of the molecule is Nc1ncnc2[nH]c3c(F)cccc3c12. The molecule has 1 aromatic carbocycles. The highest BCUT2D eigenvalue weighted by Gasteiger charge is 2.10. The second-order valence-corrected chi connectivity index (χ2v) is 3.27. The van der Waals surface area contributed by atoms with Gasteiger partial charge in [-0.25, -0.2) is 14.4 Å². The molecule has 2 heterocycles. The topological polar surface area (TPSA) is 67.6 Å². The molecule has 0 amide bonds. The quantitative estimate of drug-likeness (QED) is 0.584. The van der Waals surface area contributed by atoms with Crippen molar-refractivity contribution in [3.63, 3.8) is 0 Å². The van der Waals surface area contributed by atoms with E-state index in [9.17, 15) is 4.39 Å². The van der Waals surface area contributed by atoms with Crippen LogP contribution in [0.15, 0.2) is 24.5 Å². The van der Waals surface area contributed by atoms with Gasteiger partial charge in [-0.05, 0) is 6.07 Å². The molecular weight excluding hydrogens is 195 g/mol. The molecule has 74 valence electrons. The number of rotatable bonds is 0. The van der Waals surface area contributed by atoms with Crippen LogP contribution in [0.2, 0.25) is 0 Å². The van der Waals surface area contributed by atoms with Gasteiger partial charge in [0.15, 0.2) is 0 Å². The van der Waals surface area contributed by atoms with Crippen molar-refractivity contribution in [3.05, 3.63) is 30.3 Å². The van der Waals surface area contributed by atoms with E-state index in [-0.39, 0.29) is 5.82 Å². The second-order valence-electron chi connectivity index (χ2n) is 3.27. The van der Waals surface area contributed by atoms with Gasteiger partial charge in [0.1, 0.15) is 23.6 Å². The van der Waals surface area contributed by atoms with Crippen LogP contribution in [0.1, 0.15) is 0 Å². The molecule has 0 aliphatic carbocycles. The van der Waals surface area contributed by atoms with Gasteiger partial charge < -0.3 is 10.7 Å². The lowest BCUT2D eigenvalue weighted by Crippen LogP contribution is -1.91. The van der Waals surface area contributed by atoms with E-state index < -0.39 is 0 Å². The number of nitrogens with zero attached hydrogens (tertiary/aromatic N) is 2. The Bertz CT molecular complexity index is 659. The van der Waals surface area contributed by atoms with Gasteiger partial charge in [0.2, 0.25) is 0 Å². The Morgan fingerprint density at radius 1 is 1.27 bits per heavy atom. The molecule has 0 radical (unpaired) electrons. The van der Waals surface area contributed by atoms with Crippen LogP contribution in [0.5, 0.6) is 0 Å². The van der Waals surface area contributed by atoms with E-state index in [1.165, 1.54) is 12.4 Å². The average molecular weight is 202 g/mol. The van der Waals surface area contributed by atoms with Gasteiger partial charge in [-0.2, -0.15) is 0 Å². The number of benzene rings is 1. The van der Waals surface area contributed by atoms with E-state index in [1.807, 2.05) is 0 Å². The molecule has 3 rings (SSSR count). The maximum Gasteiger partial charge on any atom is 0.147 e. The van der Waals surface area contributed by atoms with E-state index in [4.69, 9.17) is 5.73 Å². The summed E-state index contributed by atoms with van der Waals surface area (Å²) < 4.78 is 13.4. The molecule has 4 nitrogen and oxygen atoms in total. The van der Waals surface area contributed by atoms with Gasteiger partial charge in [0, 0.05) is 5.39 Å². The number of nitrogens with two attached hydrogens (primary N) is 1. The zero-order valence-electron chi connectivity index (χ0n) is 7.66. The molecule has 2 aromatic heterocycles. The Labute approximate surface area is 83.9 Å². The van der Waals surface area contributed by atoms with Crippen LogP contribution in [0.25, 0.3) is 21.9 Å². The lowest BCUT2D eigenvalue weighted by atomic mass is 10.2. The van der Waals surface area contributed by atoms with Crippen LogP contribution in [0.3, 0.4) is 0 Å². The maximum atomic E-state index is 13.4. The summed E-state index contributed by atoms with van der Waals surface area (Å²) in [4.78, 5) is 10.8. The number of anilines is 1. The van der Waals surface area contributed by atoms with Gasteiger partial charge >= 0.3 is 0 Å². The van der Waals surface area contributed by atoms with Crippen molar-refractivity contribution in [3.8, 4) is 0 Å². The molecular formula is C10H7FN4. The monoisotopic (exact) mass is 202 g/mol. The fraction of sp³-hybridized carbons (Fsp3) is 0. The van der Waals surface area contributed by atoms with Gasteiger partial charge in [0.05, 0.1) is 10.9 Å². The number of hydrogen-bond acceptors (Lipinski definition) is 3. The number of hydrogen-bond donors (Lipinski definition) is 2. The van der Waals surface area contributed by atoms with Crippen LogP contribution >= 0.6 is 0 Å². The van der Waals surface area contributed by atoms with E-state index in [0.29, 0.717) is 27.8 Å². The van der Waals surface area contributed by atoms with Crippen molar-refractivity contribution >= 4 is 27.8 Å². The molecule has 5 heteroatoms. The molecule has 0 saturated carbocycles. The largest absolute Gasteiger partial charge is 0.383 e. The van der Waals surface area contributed by atoms with Crippen LogP contribution < -0.4 is 5.73 Å². The van der Waals surface area contributed by atoms with Gasteiger partial charge in [-0.1, -0.05) is 12.1 Å². The Kier molecular flexibility index (Phi) is 1.45. The van der Waals surface area contributed by atoms with Crippen molar-refractivity contribution < 1.29 is 4.39 Å². The molecule has 0 saturated heterocycles. The number of para-hydroxylation sites is 1. The zero-order chi connectivity index (χ0) is 10.4. The van der Waals surface area contributed by atoms with E-state index >= 15 is 0 Å². The molecule has 3 aromatic rings. The van der Waals surface area contributed by atoms with E-state index in [2.05, 4.69) is 15.0 Å². The molecule has 0 unspecified atom stereocenters. The van der Waals surface area contributed by atoms with Crippen LogP contribution in [-0.2, 0) is 0 Å². The molecule has 0 aliphatic rings. The molecule has 0 bridgehead atoms. The fourth-order valence-electron chi connectivity index (χ4n) is 1.74. The summed E-state index contributed by atoms with van der Waals surface area (Å²) >= 11 is 0. The molecule has 0 spiro atoms. The second kappa shape index (κ2) is 2.66. The Balaban J connectivity index is 2.65. The number of nitrogen functional groups attached to an aromatic ring is 1. The zero-order valence-corrected chi connectivity index (χ0v) is 7.66. The first-order valence-electron chi connectivity index (χ1n) is 4.44. The highest BCUT2D eigenvalue weighted by atomic mass is 19.1. The van der Waals surface area contributed by atoms with Crippen molar-refractivity contribution in [2.24, 2.45) is 0 Å². The number of aromatic amines is 1. The van der Waals surface area contributed by atoms with Gasteiger partial charge in [-0.15, -0.1) is 0 Å². The third kappa shape index (κ3) is 0.999. The minimum absolute atomic E-state index is 0.315. The summed E-state index contributed by atoms with van der Waals surface area (Å²) in [6.07, 6.45) is 1.35. The summed E-state index contributed by atoms with van der Waals surface area (Å²) in [5.74, 6) is 0.0433. The minimum atomic E-state index is -0.315. The number of nitrogens with one attached hydrogen (secondary N) is 1. The average Bonchev–Trinajstić information content (AvgIpc) is 2.59. The van der Waals surface area contributed by atoms with Gasteiger partial charge in [-0.3, -0.25) is 0 Å². The molecule has 0 fully saturated rings.